The smallest absolute Gasteiger partial charge is 0.288 e. The normalized spacial score (nSPS) is 11.3. The number of rotatable bonds is 6. The van der Waals surface area contributed by atoms with Crippen LogP contribution in [0.4, 0.5) is 11.4 Å². The zero-order chi connectivity index (χ0) is 14.6. The number of nitro benzene ring substituents is 1. The lowest BCUT2D eigenvalue weighted by Crippen LogP contribution is -2.20. The second kappa shape index (κ2) is 6.25. The molecule has 0 saturated heterocycles. The van der Waals surface area contributed by atoms with Gasteiger partial charge in [-0.2, -0.15) is 11.8 Å². The predicted octanol–water partition coefficient (Wildman–Crippen LogP) is 1.80. The maximum atomic E-state index is 11.6. The molecule has 0 amide bonds. The quantitative estimate of drug-likeness (QED) is 0.589. The number of nitro groups is 1. The number of sulfone groups is 1. The van der Waals surface area contributed by atoms with E-state index in [0.717, 1.165) is 18.6 Å². The van der Waals surface area contributed by atoms with Crippen molar-refractivity contribution in [1.29, 1.82) is 0 Å². The molecule has 0 saturated carbocycles. The maximum Gasteiger partial charge on any atom is 0.288 e. The molecule has 0 aromatic heterocycles. The Balaban J connectivity index is 3.23. The summed E-state index contributed by atoms with van der Waals surface area (Å²) in [4.78, 5) is 11.8. The van der Waals surface area contributed by atoms with Crippen molar-refractivity contribution in [2.24, 2.45) is 0 Å². The molecule has 8 heteroatoms. The van der Waals surface area contributed by atoms with Crippen molar-refractivity contribution in [3.8, 4) is 0 Å². The Morgan fingerprint density at radius 1 is 1.42 bits per heavy atom. The average Bonchev–Trinajstić information content (AvgIpc) is 2.34. The van der Waals surface area contributed by atoms with E-state index in [1.165, 1.54) is 12.1 Å². The van der Waals surface area contributed by atoms with Gasteiger partial charge in [-0.3, -0.25) is 10.1 Å². The highest BCUT2D eigenvalue weighted by Crippen LogP contribution is 2.28. The first-order chi connectivity index (χ1) is 8.77. The van der Waals surface area contributed by atoms with Crippen molar-refractivity contribution >= 4 is 33.0 Å². The number of hydrogen-bond acceptors (Lipinski definition) is 6. The van der Waals surface area contributed by atoms with Gasteiger partial charge in [0.25, 0.3) is 5.69 Å². The van der Waals surface area contributed by atoms with E-state index in [1.54, 1.807) is 17.8 Å². The highest BCUT2D eigenvalue weighted by atomic mass is 32.2. The molecular weight excluding hydrogens is 288 g/mol. The standard InChI is InChI=1S/C11H16N2O4S2/c1-12(6-7-18-2)9-4-5-10(13(14)15)11(8-9)19(3,16)17/h4-5,8H,6-7H2,1-3H3. The first kappa shape index (κ1) is 15.8. The Labute approximate surface area is 116 Å². The third kappa shape index (κ3) is 4.10. The van der Waals surface area contributed by atoms with Gasteiger partial charge < -0.3 is 4.90 Å². The number of benzene rings is 1. The van der Waals surface area contributed by atoms with Gasteiger partial charge in [0.2, 0.25) is 0 Å². The van der Waals surface area contributed by atoms with E-state index in [1.807, 2.05) is 18.2 Å². The zero-order valence-electron chi connectivity index (χ0n) is 11.0. The van der Waals surface area contributed by atoms with Gasteiger partial charge in [-0.05, 0) is 18.4 Å². The van der Waals surface area contributed by atoms with Crippen molar-refractivity contribution in [1.82, 2.24) is 0 Å². The molecule has 19 heavy (non-hydrogen) atoms. The molecular formula is C11H16N2O4S2. The molecule has 0 unspecified atom stereocenters. The summed E-state index contributed by atoms with van der Waals surface area (Å²) < 4.78 is 23.2. The second-order valence-corrected chi connectivity index (χ2v) is 7.07. The molecule has 1 aromatic carbocycles. The van der Waals surface area contributed by atoms with Gasteiger partial charge in [0.1, 0.15) is 4.90 Å². The van der Waals surface area contributed by atoms with Gasteiger partial charge in [0.15, 0.2) is 9.84 Å². The maximum absolute atomic E-state index is 11.6. The number of thioether (sulfide) groups is 1. The molecule has 6 nitrogen and oxygen atoms in total. The van der Waals surface area contributed by atoms with Crippen molar-refractivity contribution in [3.05, 3.63) is 28.3 Å². The number of nitrogens with zero attached hydrogens (tertiary/aromatic N) is 2. The van der Waals surface area contributed by atoms with Crippen molar-refractivity contribution < 1.29 is 13.3 Å². The third-order valence-corrected chi connectivity index (χ3v) is 4.33. The van der Waals surface area contributed by atoms with Gasteiger partial charge in [-0.15, -0.1) is 0 Å². The SMILES string of the molecule is CSCCN(C)c1ccc([N+](=O)[O-])c(S(C)(=O)=O)c1. The largest absolute Gasteiger partial charge is 0.374 e. The molecule has 0 atom stereocenters. The lowest BCUT2D eigenvalue weighted by atomic mass is 10.2. The summed E-state index contributed by atoms with van der Waals surface area (Å²) in [5.74, 6) is 0.891. The first-order valence-corrected chi connectivity index (χ1v) is 8.74. The molecule has 1 rings (SSSR count). The minimum Gasteiger partial charge on any atom is -0.374 e. The second-order valence-electron chi connectivity index (χ2n) is 4.10. The molecule has 0 bridgehead atoms. The van der Waals surface area contributed by atoms with Crippen LogP contribution in [0, 0.1) is 10.1 Å². The molecule has 0 aliphatic heterocycles. The van der Waals surface area contributed by atoms with Crippen LogP contribution in [0.3, 0.4) is 0 Å². The fraction of sp³-hybridized carbons (Fsp3) is 0.455. The Morgan fingerprint density at radius 3 is 2.53 bits per heavy atom. The van der Waals surface area contributed by atoms with Crippen LogP contribution in [0.25, 0.3) is 0 Å². The van der Waals surface area contributed by atoms with Crippen LogP contribution in [-0.2, 0) is 9.84 Å². The molecule has 0 aliphatic carbocycles. The molecule has 0 spiro atoms. The van der Waals surface area contributed by atoms with Crippen molar-refractivity contribution in [2.75, 3.05) is 36.8 Å². The van der Waals surface area contributed by atoms with Gasteiger partial charge in [0, 0.05) is 37.4 Å². The van der Waals surface area contributed by atoms with E-state index in [-0.39, 0.29) is 10.6 Å². The van der Waals surface area contributed by atoms with E-state index in [2.05, 4.69) is 0 Å². The lowest BCUT2D eigenvalue weighted by Gasteiger charge is -2.19. The Hall–Kier alpha value is -1.28. The van der Waals surface area contributed by atoms with E-state index in [4.69, 9.17) is 0 Å². The molecule has 0 heterocycles. The Morgan fingerprint density at radius 2 is 2.05 bits per heavy atom. The Bertz CT molecular complexity index is 572. The summed E-state index contributed by atoms with van der Waals surface area (Å²) in [6.07, 6.45) is 2.95. The monoisotopic (exact) mass is 304 g/mol. The summed E-state index contributed by atoms with van der Waals surface area (Å²) in [5.41, 5.74) is 0.268. The highest BCUT2D eigenvalue weighted by Gasteiger charge is 2.23. The summed E-state index contributed by atoms with van der Waals surface area (Å²) in [7, 11) is -1.81. The van der Waals surface area contributed by atoms with Crippen LogP contribution < -0.4 is 4.90 Å². The van der Waals surface area contributed by atoms with E-state index < -0.39 is 14.8 Å². The van der Waals surface area contributed by atoms with Crippen LogP contribution >= 0.6 is 11.8 Å². The fourth-order valence-corrected chi connectivity index (χ4v) is 2.86. The van der Waals surface area contributed by atoms with Crippen molar-refractivity contribution in [2.45, 2.75) is 4.90 Å². The number of anilines is 1. The van der Waals surface area contributed by atoms with E-state index >= 15 is 0 Å². The molecule has 0 radical (unpaired) electrons. The van der Waals surface area contributed by atoms with Crippen molar-refractivity contribution in [3.63, 3.8) is 0 Å². The summed E-state index contributed by atoms with van der Waals surface area (Å²) in [6, 6.07) is 4.15. The van der Waals surface area contributed by atoms with Crippen LogP contribution in [0.15, 0.2) is 23.1 Å². The lowest BCUT2D eigenvalue weighted by molar-refractivity contribution is -0.387. The van der Waals surface area contributed by atoms with E-state index in [0.29, 0.717) is 5.69 Å². The fourth-order valence-electron chi connectivity index (χ4n) is 1.55. The van der Waals surface area contributed by atoms with Crippen LogP contribution in [-0.4, -0.2) is 45.2 Å². The summed E-state index contributed by atoms with van der Waals surface area (Å²) in [6.45, 7) is 0.738. The van der Waals surface area contributed by atoms with Gasteiger partial charge in [-0.25, -0.2) is 8.42 Å². The van der Waals surface area contributed by atoms with Crippen LogP contribution in [0.2, 0.25) is 0 Å². The first-order valence-electron chi connectivity index (χ1n) is 5.46. The van der Waals surface area contributed by atoms with Gasteiger partial charge in [-0.1, -0.05) is 0 Å². The molecule has 106 valence electrons. The molecule has 0 aliphatic rings. The minimum absolute atomic E-state index is 0.244. The van der Waals surface area contributed by atoms with E-state index in [9.17, 15) is 18.5 Å². The zero-order valence-corrected chi connectivity index (χ0v) is 12.6. The summed E-state index contributed by atoms with van der Waals surface area (Å²) in [5, 5.41) is 10.8. The summed E-state index contributed by atoms with van der Waals surface area (Å²) >= 11 is 1.67. The minimum atomic E-state index is -3.63. The van der Waals surface area contributed by atoms with Gasteiger partial charge in [0.05, 0.1) is 4.92 Å². The molecule has 0 fully saturated rings. The van der Waals surface area contributed by atoms with Crippen LogP contribution in [0.5, 0.6) is 0 Å². The Kier molecular flexibility index (Phi) is 5.19. The molecule has 0 N–H and O–H groups in total. The average molecular weight is 304 g/mol. The van der Waals surface area contributed by atoms with Crippen LogP contribution in [0.1, 0.15) is 0 Å². The molecule has 1 aromatic rings. The topological polar surface area (TPSA) is 80.5 Å². The van der Waals surface area contributed by atoms with Gasteiger partial charge >= 0.3 is 0 Å². The third-order valence-electron chi connectivity index (χ3n) is 2.61. The predicted molar refractivity (Wildman–Crippen MR) is 77.9 cm³/mol. The number of hydrogen-bond donors (Lipinski definition) is 0. The highest BCUT2D eigenvalue weighted by molar-refractivity contribution is 7.98.